The lowest BCUT2D eigenvalue weighted by molar-refractivity contribution is 0.0600. The van der Waals surface area contributed by atoms with Gasteiger partial charge in [0.2, 0.25) is 5.76 Å². The molecular weight excluding hydrogens is 339 g/mol. The van der Waals surface area contributed by atoms with Crippen molar-refractivity contribution in [2.75, 3.05) is 12.4 Å². The molecule has 0 fully saturated rings. The number of nitrogens with one attached hydrogen (secondary N) is 1. The predicted octanol–water partition coefficient (Wildman–Crippen LogP) is 3.83. The van der Waals surface area contributed by atoms with Crippen LogP contribution in [-0.4, -0.2) is 24.1 Å². The van der Waals surface area contributed by atoms with Crippen LogP contribution >= 0.6 is 0 Å². The van der Waals surface area contributed by atoms with Gasteiger partial charge in [-0.15, -0.1) is 0 Å². The maximum absolute atomic E-state index is 13.3. The van der Waals surface area contributed by atoms with E-state index in [1.54, 1.807) is 37.3 Å². The lowest BCUT2D eigenvalue weighted by atomic mass is 10.1. The summed E-state index contributed by atoms with van der Waals surface area (Å²) in [6.45, 7) is 1.75. The van der Waals surface area contributed by atoms with Gasteiger partial charge in [-0.25, -0.2) is 9.18 Å². The molecule has 0 aliphatic carbocycles. The summed E-state index contributed by atoms with van der Waals surface area (Å²) in [7, 11) is 1.30. The van der Waals surface area contributed by atoms with Crippen molar-refractivity contribution in [1.82, 2.24) is 5.16 Å². The zero-order valence-corrected chi connectivity index (χ0v) is 14.1. The first kappa shape index (κ1) is 17.3. The normalized spacial score (nSPS) is 10.4. The third-order valence-corrected chi connectivity index (χ3v) is 3.75. The van der Waals surface area contributed by atoms with E-state index in [2.05, 4.69) is 15.2 Å². The van der Waals surface area contributed by atoms with Crippen molar-refractivity contribution in [3.05, 3.63) is 71.2 Å². The minimum Gasteiger partial charge on any atom is -0.465 e. The number of ether oxygens (including phenoxy) is 1. The van der Waals surface area contributed by atoms with Crippen LogP contribution in [0.3, 0.4) is 0 Å². The Morgan fingerprint density at radius 2 is 1.96 bits per heavy atom. The molecule has 3 aromatic rings. The fourth-order valence-corrected chi connectivity index (χ4v) is 2.40. The van der Waals surface area contributed by atoms with Gasteiger partial charge in [0, 0.05) is 17.3 Å². The molecule has 132 valence electrons. The molecular formula is C19H15FN2O4. The zero-order valence-electron chi connectivity index (χ0n) is 14.1. The fraction of sp³-hybridized carbons (Fsp3) is 0.105. The summed E-state index contributed by atoms with van der Waals surface area (Å²) in [5.74, 6) is -1.38. The van der Waals surface area contributed by atoms with Crippen LogP contribution in [0.15, 0.2) is 53.1 Å². The maximum atomic E-state index is 13.3. The lowest BCUT2D eigenvalue weighted by Crippen LogP contribution is -2.12. The molecule has 6 nitrogen and oxygen atoms in total. The molecule has 0 saturated carbocycles. The van der Waals surface area contributed by atoms with Crippen LogP contribution in [0.1, 0.15) is 26.5 Å². The molecule has 1 aromatic heterocycles. The van der Waals surface area contributed by atoms with Crippen LogP contribution in [0.2, 0.25) is 0 Å². The van der Waals surface area contributed by atoms with Crippen molar-refractivity contribution in [3.8, 4) is 11.3 Å². The number of aromatic nitrogens is 1. The van der Waals surface area contributed by atoms with Crippen molar-refractivity contribution in [2.45, 2.75) is 6.92 Å². The Morgan fingerprint density at radius 3 is 2.65 bits per heavy atom. The Bertz CT molecular complexity index is 981. The van der Waals surface area contributed by atoms with Crippen molar-refractivity contribution >= 4 is 17.6 Å². The number of benzene rings is 2. The van der Waals surface area contributed by atoms with Gasteiger partial charge in [0.15, 0.2) is 0 Å². The first-order valence-electron chi connectivity index (χ1n) is 7.71. The second-order valence-electron chi connectivity index (χ2n) is 5.56. The quantitative estimate of drug-likeness (QED) is 0.720. The number of esters is 1. The molecule has 0 spiro atoms. The molecule has 0 atom stereocenters. The van der Waals surface area contributed by atoms with E-state index in [4.69, 9.17) is 4.52 Å². The summed E-state index contributed by atoms with van der Waals surface area (Å²) < 4.78 is 23.0. The standard InChI is InChI=1S/C19H15FN2O4/c1-11-8-13(19(24)25-2)6-7-15(11)21-18(23)17-10-16(22-26-17)12-4-3-5-14(20)9-12/h3-10H,1-2H3,(H,21,23). The summed E-state index contributed by atoms with van der Waals surface area (Å²) in [6.07, 6.45) is 0. The van der Waals surface area contributed by atoms with Crippen molar-refractivity contribution in [3.63, 3.8) is 0 Å². The zero-order chi connectivity index (χ0) is 18.7. The van der Waals surface area contributed by atoms with Crippen molar-refractivity contribution in [1.29, 1.82) is 0 Å². The Balaban J connectivity index is 1.78. The number of amides is 1. The van der Waals surface area contributed by atoms with E-state index in [0.29, 0.717) is 28.1 Å². The van der Waals surface area contributed by atoms with E-state index < -0.39 is 17.7 Å². The van der Waals surface area contributed by atoms with Gasteiger partial charge in [-0.3, -0.25) is 4.79 Å². The molecule has 0 bridgehead atoms. The summed E-state index contributed by atoms with van der Waals surface area (Å²) in [5.41, 5.74) is 2.45. The monoisotopic (exact) mass is 354 g/mol. The Labute approximate surface area is 148 Å². The molecule has 0 aliphatic heterocycles. The highest BCUT2D eigenvalue weighted by atomic mass is 19.1. The summed E-state index contributed by atoms with van der Waals surface area (Å²) in [5, 5.41) is 6.49. The Kier molecular flexibility index (Phi) is 4.79. The van der Waals surface area contributed by atoms with Crippen LogP contribution in [-0.2, 0) is 4.74 Å². The van der Waals surface area contributed by atoms with Gasteiger partial charge in [0.1, 0.15) is 11.5 Å². The molecule has 1 N–H and O–H groups in total. The minimum atomic E-state index is -0.505. The molecule has 26 heavy (non-hydrogen) atoms. The largest absolute Gasteiger partial charge is 0.465 e. The van der Waals surface area contributed by atoms with Gasteiger partial charge >= 0.3 is 5.97 Å². The van der Waals surface area contributed by atoms with Crippen LogP contribution < -0.4 is 5.32 Å². The number of nitrogens with zero attached hydrogens (tertiary/aromatic N) is 1. The van der Waals surface area contributed by atoms with Gasteiger partial charge in [-0.2, -0.15) is 0 Å². The van der Waals surface area contributed by atoms with E-state index in [-0.39, 0.29) is 5.76 Å². The van der Waals surface area contributed by atoms with Crippen molar-refractivity contribution < 1.29 is 23.2 Å². The highest BCUT2D eigenvalue weighted by Crippen LogP contribution is 2.22. The summed E-state index contributed by atoms with van der Waals surface area (Å²) in [6, 6.07) is 12.0. The third kappa shape index (κ3) is 3.61. The van der Waals surface area contributed by atoms with Gasteiger partial charge in [0.25, 0.3) is 5.91 Å². The topological polar surface area (TPSA) is 81.4 Å². The molecule has 1 heterocycles. The van der Waals surface area contributed by atoms with Gasteiger partial charge in [-0.1, -0.05) is 17.3 Å². The average molecular weight is 354 g/mol. The molecule has 2 aromatic carbocycles. The maximum Gasteiger partial charge on any atom is 0.337 e. The number of rotatable bonds is 4. The molecule has 0 radical (unpaired) electrons. The number of anilines is 1. The highest BCUT2D eigenvalue weighted by Gasteiger charge is 2.16. The number of hydrogen-bond acceptors (Lipinski definition) is 5. The van der Waals surface area contributed by atoms with Gasteiger partial charge in [0.05, 0.1) is 12.7 Å². The van der Waals surface area contributed by atoms with Crippen LogP contribution in [0.4, 0.5) is 10.1 Å². The lowest BCUT2D eigenvalue weighted by Gasteiger charge is -2.08. The number of aryl methyl sites for hydroxylation is 1. The number of halogens is 1. The van der Waals surface area contributed by atoms with E-state index in [1.165, 1.54) is 25.3 Å². The minimum absolute atomic E-state index is 0.0132. The number of hydrogen-bond donors (Lipinski definition) is 1. The third-order valence-electron chi connectivity index (χ3n) is 3.75. The van der Waals surface area contributed by atoms with E-state index in [1.807, 2.05) is 0 Å². The van der Waals surface area contributed by atoms with E-state index in [0.717, 1.165) is 0 Å². The van der Waals surface area contributed by atoms with Crippen molar-refractivity contribution in [2.24, 2.45) is 0 Å². The number of methoxy groups -OCH3 is 1. The molecule has 7 heteroatoms. The Hall–Kier alpha value is -3.48. The van der Waals surface area contributed by atoms with E-state index in [9.17, 15) is 14.0 Å². The van der Waals surface area contributed by atoms with Crippen LogP contribution in [0.5, 0.6) is 0 Å². The Morgan fingerprint density at radius 1 is 1.15 bits per heavy atom. The fourth-order valence-electron chi connectivity index (χ4n) is 2.40. The summed E-state index contributed by atoms with van der Waals surface area (Å²) in [4.78, 5) is 23.9. The highest BCUT2D eigenvalue weighted by molar-refractivity contribution is 6.03. The molecule has 0 unspecified atom stereocenters. The molecule has 3 rings (SSSR count). The van der Waals surface area contributed by atoms with Gasteiger partial charge < -0.3 is 14.6 Å². The van der Waals surface area contributed by atoms with Crippen LogP contribution in [0.25, 0.3) is 11.3 Å². The second-order valence-corrected chi connectivity index (χ2v) is 5.56. The smallest absolute Gasteiger partial charge is 0.337 e. The summed E-state index contributed by atoms with van der Waals surface area (Å²) >= 11 is 0. The van der Waals surface area contributed by atoms with Crippen LogP contribution in [0, 0.1) is 12.7 Å². The number of carbonyl (C=O) groups is 2. The number of carbonyl (C=O) groups excluding carboxylic acids is 2. The first-order chi connectivity index (χ1) is 12.5. The SMILES string of the molecule is COC(=O)c1ccc(NC(=O)c2cc(-c3cccc(F)c3)no2)c(C)c1. The second kappa shape index (κ2) is 7.18. The predicted molar refractivity (Wildman–Crippen MR) is 92.4 cm³/mol. The molecule has 0 saturated heterocycles. The molecule has 0 aliphatic rings. The first-order valence-corrected chi connectivity index (χ1v) is 7.71. The van der Waals surface area contributed by atoms with Gasteiger partial charge in [-0.05, 0) is 42.8 Å². The molecule has 1 amide bonds. The van der Waals surface area contributed by atoms with E-state index >= 15 is 0 Å². The average Bonchev–Trinajstić information content (AvgIpc) is 3.13.